The van der Waals surface area contributed by atoms with Crippen LogP contribution >= 0.6 is 0 Å². The minimum atomic E-state index is -0.293. The van der Waals surface area contributed by atoms with Crippen molar-refractivity contribution in [2.24, 2.45) is 0 Å². The van der Waals surface area contributed by atoms with Crippen LogP contribution in [-0.4, -0.2) is 43.7 Å². The number of carbonyl (C=O) groups excluding carboxylic acids is 1. The first kappa shape index (κ1) is 17.8. The molecule has 1 aromatic rings. The Morgan fingerprint density at radius 1 is 1.22 bits per heavy atom. The van der Waals surface area contributed by atoms with Crippen LogP contribution in [0.15, 0.2) is 18.2 Å². The first-order chi connectivity index (χ1) is 11.1. The number of hydrogen-bond donors (Lipinski definition) is 0. The molecule has 0 aliphatic carbocycles. The summed E-state index contributed by atoms with van der Waals surface area (Å²) in [6, 6.07) is 6.12. The van der Waals surface area contributed by atoms with Crippen LogP contribution < -0.4 is 4.74 Å². The molecule has 0 amide bonds. The summed E-state index contributed by atoms with van der Waals surface area (Å²) < 4.78 is 11.0. The van der Waals surface area contributed by atoms with Gasteiger partial charge in [-0.05, 0) is 56.0 Å². The molecule has 1 aromatic carbocycles. The van der Waals surface area contributed by atoms with Gasteiger partial charge in [0.1, 0.15) is 12.4 Å². The maximum absolute atomic E-state index is 11.9. The van der Waals surface area contributed by atoms with Crippen molar-refractivity contribution in [1.82, 2.24) is 4.90 Å². The molecule has 1 aliphatic heterocycles. The van der Waals surface area contributed by atoms with Gasteiger partial charge in [0.15, 0.2) is 6.61 Å². The van der Waals surface area contributed by atoms with Crippen LogP contribution in [0.2, 0.25) is 0 Å². The first-order valence-corrected chi connectivity index (χ1v) is 8.67. The van der Waals surface area contributed by atoms with E-state index < -0.39 is 0 Å². The van der Waals surface area contributed by atoms with Crippen molar-refractivity contribution in [2.75, 3.05) is 32.8 Å². The predicted molar refractivity (Wildman–Crippen MR) is 92.0 cm³/mol. The molecule has 4 nitrogen and oxygen atoms in total. The van der Waals surface area contributed by atoms with Crippen LogP contribution in [0.4, 0.5) is 0 Å². The Morgan fingerprint density at radius 3 is 2.65 bits per heavy atom. The predicted octanol–water partition coefficient (Wildman–Crippen LogP) is 3.53. The number of hydrogen-bond acceptors (Lipinski definition) is 4. The Kier molecular flexibility index (Phi) is 6.90. The van der Waals surface area contributed by atoms with E-state index in [0.29, 0.717) is 12.5 Å². The number of carbonyl (C=O) groups is 1. The molecule has 0 N–H and O–H groups in total. The number of likely N-dealkylation sites (tertiary alicyclic amines) is 1. The van der Waals surface area contributed by atoms with E-state index in [9.17, 15) is 4.79 Å². The van der Waals surface area contributed by atoms with Gasteiger partial charge in [0, 0.05) is 6.54 Å². The molecule has 0 radical (unpaired) electrons. The number of esters is 1. The molecule has 1 aliphatic rings. The maximum Gasteiger partial charge on any atom is 0.344 e. The average molecular weight is 319 g/mol. The largest absolute Gasteiger partial charge is 0.482 e. The topological polar surface area (TPSA) is 38.8 Å². The summed E-state index contributed by atoms with van der Waals surface area (Å²) >= 11 is 0. The SMILES string of the molecule is Cc1ccc(C(C)C)c(OCC(=O)OCCN2CCCCC2)c1. The molecule has 0 aromatic heterocycles. The van der Waals surface area contributed by atoms with Crippen LogP contribution in [0, 0.1) is 6.92 Å². The molecular formula is C19H29NO3. The lowest BCUT2D eigenvalue weighted by Crippen LogP contribution is -2.33. The van der Waals surface area contributed by atoms with E-state index in [1.807, 2.05) is 13.0 Å². The molecule has 4 heteroatoms. The number of piperidine rings is 1. The summed E-state index contributed by atoms with van der Waals surface area (Å²) in [7, 11) is 0. The van der Waals surface area contributed by atoms with E-state index in [-0.39, 0.29) is 12.6 Å². The summed E-state index contributed by atoms with van der Waals surface area (Å²) in [5.41, 5.74) is 2.25. The minimum Gasteiger partial charge on any atom is -0.482 e. The number of benzene rings is 1. The maximum atomic E-state index is 11.9. The zero-order valence-electron chi connectivity index (χ0n) is 14.6. The van der Waals surface area contributed by atoms with Gasteiger partial charge in [-0.25, -0.2) is 4.79 Å². The molecular weight excluding hydrogens is 290 g/mol. The highest BCUT2D eigenvalue weighted by molar-refractivity contribution is 5.71. The fourth-order valence-electron chi connectivity index (χ4n) is 2.89. The Labute approximate surface area is 139 Å². The minimum absolute atomic E-state index is 0.0246. The van der Waals surface area contributed by atoms with E-state index in [2.05, 4.69) is 30.9 Å². The van der Waals surface area contributed by atoms with Crippen molar-refractivity contribution < 1.29 is 14.3 Å². The Hall–Kier alpha value is -1.55. The highest BCUT2D eigenvalue weighted by Crippen LogP contribution is 2.27. The van der Waals surface area contributed by atoms with Crippen molar-refractivity contribution in [3.8, 4) is 5.75 Å². The van der Waals surface area contributed by atoms with Gasteiger partial charge in [0.25, 0.3) is 0 Å². The molecule has 0 unspecified atom stereocenters. The first-order valence-electron chi connectivity index (χ1n) is 8.67. The van der Waals surface area contributed by atoms with Gasteiger partial charge in [0.05, 0.1) is 0 Å². The molecule has 128 valence electrons. The molecule has 1 heterocycles. The number of rotatable bonds is 7. The Bertz CT molecular complexity index is 507. The standard InChI is InChI=1S/C19H29NO3/c1-15(2)17-8-7-16(3)13-18(17)23-14-19(21)22-12-11-20-9-5-4-6-10-20/h7-8,13,15H,4-6,9-12,14H2,1-3H3. The van der Waals surface area contributed by atoms with Gasteiger partial charge in [-0.1, -0.05) is 32.4 Å². The smallest absolute Gasteiger partial charge is 0.344 e. The summed E-state index contributed by atoms with van der Waals surface area (Å²) in [5.74, 6) is 0.854. The number of nitrogens with zero attached hydrogens (tertiary/aromatic N) is 1. The quantitative estimate of drug-likeness (QED) is 0.721. The average Bonchev–Trinajstić information content (AvgIpc) is 2.53. The highest BCUT2D eigenvalue weighted by atomic mass is 16.6. The summed E-state index contributed by atoms with van der Waals surface area (Å²) in [5, 5.41) is 0. The van der Waals surface area contributed by atoms with Crippen molar-refractivity contribution in [1.29, 1.82) is 0 Å². The van der Waals surface area contributed by atoms with Crippen molar-refractivity contribution in [3.63, 3.8) is 0 Å². The Balaban J connectivity index is 1.74. The van der Waals surface area contributed by atoms with Gasteiger partial charge < -0.3 is 9.47 Å². The molecule has 23 heavy (non-hydrogen) atoms. The Morgan fingerprint density at radius 2 is 1.96 bits per heavy atom. The van der Waals surface area contributed by atoms with Crippen molar-refractivity contribution in [3.05, 3.63) is 29.3 Å². The summed E-state index contributed by atoms with van der Waals surface area (Å²) in [4.78, 5) is 14.2. The van der Waals surface area contributed by atoms with Crippen LogP contribution in [0.5, 0.6) is 5.75 Å². The molecule has 0 spiro atoms. The second-order valence-electron chi connectivity index (χ2n) is 6.61. The van der Waals surface area contributed by atoms with E-state index in [4.69, 9.17) is 9.47 Å². The fraction of sp³-hybridized carbons (Fsp3) is 0.632. The number of aryl methyl sites for hydroxylation is 1. The second kappa shape index (κ2) is 8.92. The lowest BCUT2D eigenvalue weighted by atomic mass is 10.0. The van der Waals surface area contributed by atoms with Crippen molar-refractivity contribution >= 4 is 5.97 Å². The lowest BCUT2D eigenvalue weighted by molar-refractivity contribution is -0.146. The molecule has 1 saturated heterocycles. The summed E-state index contributed by atoms with van der Waals surface area (Å²) in [6.45, 7) is 9.75. The molecule has 1 fully saturated rings. The van der Waals surface area contributed by atoms with Gasteiger partial charge in [-0.3, -0.25) is 4.90 Å². The molecule has 0 atom stereocenters. The van der Waals surface area contributed by atoms with Crippen LogP contribution in [0.1, 0.15) is 50.2 Å². The third-order valence-corrected chi connectivity index (χ3v) is 4.26. The lowest BCUT2D eigenvalue weighted by Gasteiger charge is -2.25. The van der Waals surface area contributed by atoms with Gasteiger partial charge in [-0.2, -0.15) is 0 Å². The van der Waals surface area contributed by atoms with Crippen LogP contribution in [0.25, 0.3) is 0 Å². The van der Waals surface area contributed by atoms with Crippen LogP contribution in [-0.2, 0) is 9.53 Å². The van der Waals surface area contributed by atoms with E-state index in [1.165, 1.54) is 19.3 Å². The van der Waals surface area contributed by atoms with Gasteiger partial charge >= 0.3 is 5.97 Å². The van der Waals surface area contributed by atoms with Gasteiger partial charge in [0.2, 0.25) is 0 Å². The highest BCUT2D eigenvalue weighted by Gasteiger charge is 2.13. The third-order valence-electron chi connectivity index (χ3n) is 4.26. The number of ether oxygens (including phenoxy) is 2. The zero-order chi connectivity index (χ0) is 16.7. The normalized spacial score (nSPS) is 15.7. The zero-order valence-corrected chi connectivity index (χ0v) is 14.6. The van der Waals surface area contributed by atoms with Gasteiger partial charge in [-0.15, -0.1) is 0 Å². The summed E-state index contributed by atoms with van der Waals surface area (Å²) in [6.07, 6.45) is 3.82. The van der Waals surface area contributed by atoms with E-state index >= 15 is 0 Å². The molecule has 0 bridgehead atoms. The fourth-order valence-corrected chi connectivity index (χ4v) is 2.89. The van der Waals surface area contributed by atoms with E-state index in [0.717, 1.165) is 36.5 Å². The van der Waals surface area contributed by atoms with Crippen molar-refractivity contribution in [2.45, 2.75) is 46.0 Å². The van der Waals surface area contributed by atoms with Crippen LogP contribution in [0.3, 0.4) is 0 Å². The van der Waals surface area contributed by atoms with E-state index in [1.54, 1.807) is 0 Å². The second-order valence-corrected chi connectivity index (χ2v) is 6.61. The monoisotopic (exact) mass is 319 g/mol. The molecule has 2 rings (SSSR count). The third kappa shape index (κ3) is 5.87. The molecule has 0 saturated carbocycles.